The molecule has 1 aromatic rings. The van der Waals surface area contributed by atoms with E-state index >= 15 is 0 Å². The van der Waals surface area contributed by atoms with Crippen LogP contribution in [0.4, 0.5) is 0 Å². The molecule has 3 rings (SSSR count). The maximum atomic E-state index is 5.91. The predicted octanol–water partition coefficient (Wildman–Crippen LogP) is 1.69. The second-order valence-corrected chi connectivity index (χ2v) is 5.85. The Labute approximate surface area is 102 Å². The Morgan fingerprint density at radius 3 is 2.71 bits per heavy atom. The Hall–Kier alpha value is -0.970. The van der Waals surface area contributed by atoms with Crippen molar-refractivity contribution in [2.45, 2.75) is 51.6 Å². The molecular weight excluding hydrogens is 214 g/mol. The van der Waals surface area contributed by atoms with Gasteiger partial charge in [0.2, 0.25) is 0 Å². The average Bonchev–Trinajstić information content (AvgIpc) is 3.02. The highest BCUT2D eigenvalue weighted by molar-refractivity contribution is 4.97. The first-order valence-corrected chi connectivity index (χ1v) is 6.70. The fourth-order valence-corrected chi connectivity index (χ4v) is 3.86. The van der Waals surface area contributed by atoms with Gasteiger partial charge in [-0.05, 0) is 61.3 Å². The smallest absolute Gasteiger partial charge is 0.167 e. The van der Waals surface area contributed by atoms with E-state index < -0.39 is 0 Å². The lowest BCUT2D eigenvalue weighted by Gasteiger charge is -2.28. The monoisotopic (exact) mass is 235 g/mol. The molecule has 94 valence electrons. The van der Waals surface area contributed by atoms with Crippen molar-refractivity contribution in [3.05, 3.63) is 5.82 Å². The summed E-state index contributed by atoms with van der Waals surface area (Å²) in [4.78, 5) is 0. The Bertz CT molecular complexity index is 399. The highest BCUT2D eigenvalue weighted by Gasteiger charge is 2.43. The second-order valence-electron chi connectivity index (χ2n) is 5.85. The molecule has 2 N–H and O–H groups in total. The molecule has 1 heterocycles. The molecule has 5 atom stereocenters. The topological polar surface area (TPSA) is 69.6 Å². The van der Waals surface area contributed by atoms with Crippen molar-refractivity contribution < 1.29 is 0 Å². The van der Waals surface area contributed by atoms with E-state index in [-0.39, 0.29) is 6.04 Å². The first-order chi connectivity index (χ1) is 8.16. The molecule has 0 spiro atoms. The van der Waals surface area contributed by atoms with Crippen molar-refractivity contribution in [2.24, 2.45) is 23.5 Å². The number of hydrogen-bond donors (Lipinski definition) is 1. The summed E-state index contributed by atoms with van der Waals surface area (Å²) in [6.07, 6.45) is 5.60. The van der Waals surface area contributed by atoms with Gasteiger partial charge < -0.3 is 5.73 Å². The molecule has 2 bridgehead atoms. The summed E-state index contributed by atoms with van der Waals surface area (Å²) in [5.74, 6) is 3.41. The molecule has 2 saturated carbocycles. The van der Waals surface area contributed by atoms with Crippen molar-refractivity contribution in [1.29, 1.82) is 0 Å². The van der Waals surface area contributed by atoms with Gasteiger partial charge in [-0.25, -0.2) is 4.68 Å². The lowest BCUT2D eigenvalue weighted by Crippen LogP contribution is -2.26. The SMILES string of the molecule is CC(N)c1nnnn1C(C)C1CC2CCC1C2. The third-order valence-electron chi connectivity index (χ3n) is 4.72. The van der Waals surface area contributed by atoms with E-state index in [2.05, 4.69) is 22.4 Å². The lowest BCUT2D eigenvalue weighted by molar-refractivity contribution is 0.222. The second kappa shape index (κ2) is 4.05. The number of nitrogens with two attached hydrogens (primary N) is 1. The van der Waals surface area contributed by atoms with Crippen LogP contribution in [0.15, 0.2) is 0 Å². The van der Waals surface area contributed by atoms with Crippen LogP contribution in [0, 0.1) is 17.8 Å². The Morgan fingerprint density at radius 2 is 2.12 bits per heavy atom. The highest BCUT2D eigenvalue weighted by atomic mass is 15.6. The van der Waals surface area contributed by atoms with E-state index in [0.29, 0.717) is 6.04 Å². The number of tetrazole rings is 1. The van der Waals surface area contributed by atoms with Gasteiger partial charge >= 0.3 is 0 Å². The fraction of sp³-hybridized carbons (Fsp3) is 0.917. The molecule has 0 radical (unpaired) electrons. The van der Waals surface area contributed by atoms with Crippen LogP contribution >= 0.6 is 0 Å². The lowest BCUT2D eigenvalue weighted by atomic mass is 9.84. The summed E-state index contributed by atoms with van der Waals surface area (Å²) in [6.45, 7) is 4.18. The van der Waals surface area contributed by atoms with E-state index in [0.717, 1.165) is 23.6 Å². The van der Waals surface area contributed by atoms with Gasteiger partial charge in [0.05, 0.1) is 12.1 Å². The van der Waals surface area contributed by atoms with E-state index in [1.54, 1.807) is 0 Å². The Kier molecular flexibility index (Phi) is 2.65. The third-order valence-corrected chi connectivity index (χ3v) is 4.72. The van der Waals surface area contributed by atoms with E-state index in [1.807, 2.05) is 11.6 Å². The van der Waals surface area contributed by atoms with Crippen molar-refractivity contribution >= 4 is 0 Å². The number of rotatable bonds is 3. The van der Waals surface area contributed by atoms with Crippen LogP contribution in [0.5, 0.6) is 0 Å². The minimum atomic E-state index is -0.0916. The number of aromatic nitrogens is 4. The predicted molar refractivity (Wildman–Crippen MR) is 64.1 cm³/mol. The van der Waals surface area contributed by atoms with Gasteiger partial charge in [-0.2, -0.15) is 0 Å². The first-order valence-electron chi connectivity index (χ1n) is 6.70. The van der Waals surface area contributed by atoms with Gasteiger partial charge in [0.15, 0.2) is 5.82 Å². The van der Waals surface area contributed by atoms with Crippen molar-refractivity contribution in [3.63, 3.8) is 0 Å². The van der Waals surface area contributed by atoms with Crippen LogP contribution in [0.25, 0.3) is 0 Å². The minimum Gasteiger partial charge on any atom is -0.322 e. The molecule has 5 heteroatoms. The molecule has 17 heavy (non-hydrogen) atoms. The van der Waals surface area contributed by atoms with Crippen molar-refractivity contribution in [2.75, 3.05) is 0 Å². The molecular formula is C12H21N5. The standard InChI is InChI=1S/C12H21N5/c1-7(13)12-14-15-16-17(12)8(2)11-6-9-3-4-10(11)5-9/h7-11H,3-6,13H2,1-2H3. The summed E-state index contributed by atoms with van der Waals surface area (Å²) in [6, 6.07) is 0.298. The molecule has 2 aliphatic carbocycles. The summed E-state index contributed by atoms with van der Waals surface area (Å²) < 4.78 is 1.95. The van der Waals surface area contributed by atoms with Crippen LogP contribution in [-0.2, 0) is 0 Å². The summed E-state index contributed by atoms with van der Waals surface area (Å²) in [5, 5.41) is 12.0. The molecule has 2 fully saturated rings. The van der Waals surface area contributed by atoms with Gasteiger partial charge in [0.1, 0.15) is 0 Å². The van der Waals surface area contributed by atoms with E-state index in [1.165, 1.54) is 25.7 Å². The quantitative estimate of drug-likeness (QED) is 0.865. The highest BCUT2D eigenvalue weighted by Crippen LogP contribution is 2.52. The zero-order valence-corrected chi connectivity index (χ0v) is 10.6. The molecule has 0 saturated heterocycles. The maximum Gasteiger partial charge on any atom is 0.167 e. The normalized spacial score (nSPS) is 35.1. The molecule has 0 amide bonds. The van der Waals surface area contributed by atoms with Crippen LogP contribution in [-0.4, -0.2) is 20.2 Å². The number of hydrogen-bond acceptors (Lipinski definition) is 4. The molecule has 1 aromatic heterocycles. The average molecular weight is 235 g/mol. The summed E-state index contributed by atoms with van der Waals surface area (Å²) in [7, 11) is 0. The van der Waals surface area contributed by atoms with Crippen LogP contribution in [0.3, 0.4) is 0 Å². The molecule has 5 nitrogen and oxygen atoms in total. The van der Waals surface area contributed by atoms with Crippen molar-refractivity contribution in [1.82, 2.24) is 20.2 Å². The number of fused-ring (bicyclic) bond motifs is 2. The van der Waals surface area contributed by atoms with Crippen LogP contribution in [0.1, 0.15) is 57.4 Å². The summed E-state index contributed by atoms with van der Waals surface area (Å²) in [5.41, 5.74) is 5.91. The molecule has 5 unspecified atom stereocenters. The van der Waals surface area contributed by atoms with Gasteiger partial charge in [-0.15, -0.1) is 5.10 Å². The maximum absolute atomic E-state index is 5.91. The van der Waals surface area contributed by atoms with Crippen LogP contribution < -0.4 is 5.73 Å². The largest absolute Gasteiger partial charge is 0.322 e. The van der Waals surface area contributed by atoms with Gasteiger partial charge in [0, 0.05) is 0 Å². The number of nitrogens with zero attached hydrogens (tertiary/aromatic N) is 4. The van der Waals surface area contributed by atoms with Crippen molar-refractivity contribution in [3.8, 4) is 0 Å². The molecule has 0 aliphatic heterocycles. The fourth-order valence-electron chi connectivity index (χ4n) is 3.86. The van der Waals surface area contributed by atoms with Gasteiger partial charge in [0.25, 0.3) is 0 Å². The zero-order valence-electron chi connectivity index (χ0n) is 10.6. The molecule has 2 aliphatic rings. The molecule has 0 aromatic carbocycles. The Balaban J connectivity index is 1.82. The van der Waals surface area contributed by atoms with Gasteiger partial charge in [-0.1, -0.05) is 6.42 Å². The zero-order chi connectivity index (χ0) is 12.0. The van der Waals surface area contributed by atoms with E-state index in [4.69, 9.17) is 5.73 Å². The van der Waals surface area contributed by atoms with E-state index in [9.17, 15) is 0 Å². The first kappa shape index (κ1) is 11.1. The Morgan fingerprint density at radius 1 is 1.29 bits per heavy atom. The third kappa shape index (κ3) is 1.76. The summed E-state index contributed by atoms with van der Waals surface area (Å²) >= 11 is 0. The van der Waals surface area contributed by atoms with Crippen LogP contribution in [0.2, 0.25) is 0 Å². The minimum absolute atomic E-state index is 0.0916. The van der Waals surface area contributed by atoms with Gasteiger partial charge in [-0.3, -0.25) is 0 Å².